The second-order valence-electron chi connectivity index (χ2n) is 6.19. The lowest BCUT2D eigenvalue weighted by molar-refractivity contribution is -0.0480. The maximum atomic E-state index is 9.16. The Morgan fingerprint density at radius 3 is 2.48 bits per heavy atom. The molecule has 0 amide bonds. The molecule has 1 saturated heterocycles. The van der Waals surface area contributed by atoms with Crippen LogP contribution >= 0.6 is 0 Å². The molecule has 23 heavy (non-hydrogen) atoms. The molecule has 0 spiro atoms. The summed E-state index contributed by atoms with van der Waals surface area (Å²) in [5.74, 6) is 0.896. The molecule has 0 aliphatic carbocycles. The first kappa shape index (κ1) is 18.2. The smallest absolute Gasteiger partial charge is 0.157 e. The van der Waals surface area contributed by atoms with Crippen molar-refractivity contribution >= 4 is 0 Å². The maximum absolute atomic E-state index is 9.16. The highest BCUT2D eigenvalue weighted by Crippen LogP contribution is 2.20. The zero-order valence-electron chi connectivity index (χ0n) is 14.3. The molecule has 1 aliphatic heterocycles. The van der Waals surface area contributed by atoms with E-state index < -0.39 is 0 Å². The van der Waals surface area contributed by atoms with Crippen molar-refractivity contribution in [2.45, 2.75) is 64.8 Å². The fraction of sp³-hybridized carbons (Fsp3) is 0.684. The first-order valence-corrected chi connectivity index (χ1v) is 8.86. The van der Waals surface area contributed by atoms with Crippen molar-refractivity contribution in [2.24, 2.45) is 0 Å². The van der Waals surface area contributed by atoms with Crippen LogP contribution in [0.2, 0.25) is 0 Å². The van der Waals surface area contributed by atoms with Gasteiger partial charge in [-0.3, -0.25) is 0 Å². The summed E-state index contributed by atoms with van der Waals surface area (Å²) in [5.41, 5.74) is 2.03. The second kappa shape index (κ2) is 10.6. The van der Waals surface area contributed by atoms with Gasteiger partial charge in [0.25, 0.3) is 0 Å². The first-order valence-electron chi connectivity index (χ1n) is 8.86. The molecule has 0 bridgehead atoms. The molecule has 1 aliphatic rings. The molecule has 0 atom stereocenters. The number of hydrogen-bond acceptors (Lipinski definition) is 4. The van der Waals surface area contributed by atoms with Gasteiger partial charge in [-0.25, -0.2) is 0 Å². The molecular formula is C19H30O4. The molecule has 1 N–H and O–H groups in total. The van der Waals surface area contributed by atoms with Crippen LogP contribution in [0.4, 0.5) is 0 Å². The largest absolute Gasteiger partial charge is 0.493 e. The van der Waals surface area contributed by atoms with Crippen molar-refractivity contribution in [2.75, 3.05) is 19.8 Å². The third-order valence-electron chi connectivity index (χ3n) is 4.22. The Kier molecular flexibility index (Phi) is 8.43. The predicted molar refractivity (Wildman–Crippen MR) is 90.6 cm³/mol. The lowest BCUT2D eigenvalue weighted by Gasteiger charge is -2.10. The molecular weight excluding hydrogens is 292 g/mol. The van der Waals surface area contributed by atoms with Gasteiger partial charge < -0.3 is 19.3 Å². The summed E-state index contributed by atoms with van der Waals surface area (Å²) >= 11 is 0. The minimum absolute atomic E-state index is 0.0568. The molecule has 1 aromatic carbocycles. The Morgan fingerprint density at radius 2 is 1.74 bits per heavy atom. The SMILES string of the molecule is Cc1ccc(CO)cc1OCCCCCCCCC1OCCO1. The predicted octanol–water partition coefficient (Wildman–Crippen LogP) is 3.97. The van der Waals surface area contributed by atoms with Crippen LogP contribution in [0.15, 0.2) is 18.2 Å². The standard InChI is InChI=1S/C19H30O4/c1-16-9-10-17(15-20)14-18(16)21-11-7-5-3-2-4-6-8-19-22-12-13-23-19/h9-10,14,19-20H,2-8,11-13,15H2,1H3. The minimum atomic E-state index is 0.0568. The molecule has 130 valence electrons. The van der Waals surface area contributed by atoms with Crippen molar-refractivity contribution in [1.82, 2.24) is 0 Å². The molecule has 1 heterocycles. The molecule has 0 radical (unpaired) electrons. The van der Waals surface area contributed by atoms with Crippen LogP contribution in [0.25, 0.3) is 0 Å². The average molecular weight is 322 g/mol. The molecule has 4 nitrogen and oxygen atoms in total. The van der Waals surface area contributed by atoms with Gasteiger partial charge in [-0.05, 0) is 43.4 Å². The van der Waals surface area contributed by atoms with Gasteiger partial charge in [0.15, 0.2) is 6.29 Å². The summed E-state index contributed by atoms with van der Waals surface area (Å²) in [7, 11) is 0. The van der Waals surface area contributed by atoms with Gasteiger partial charge in [0.05, 0.1) is 26.4 Å². The number of aliphatic hydroxyl groups excluding tert-OH is 1. The van der Waals surface area contributed by atoms with Crippen LogP contribution in [-0.4, -0.2) is 31.2 Å². The van der Waals surface area contributed by atoms with Crippen LogP contribution < -0.4 is 4.74 Å². The van der Waals surface area contributed by atoms with Crippen molar-refractivity contribution in [3.8, 4) is 5.75 Å². The number of rotatable bonds is 11. The number of benzene rings is 1. The van der Waals surface area contributed by atoms with Crippen LogP contribution in [0.5, 0.6) is 5.75 Å². The topological polar surface area (TPSA) is 47.9 Å². The Labute approximate surface area is 139 Å². The highest BCUT2D eigenvalue weighted by Gasteiger charge is 2.14. The van der Waals surface area contributed by atoms with E-state index in [-0.39, 0.29) is 12.9 Å². The van der Waals surface area contributed by atoms with Crippen LogP contribution in [0.3, 0.4) is 0 Å². The van der Waals surface area contributed by atoms with Crippen LogP contribution in [0.1, 0.15) is 56.1 Å². The molecule has 0 aromatic heterocycles. The quantitative estimate of drug-likeness (QED) is 0.626. The van der Waals surface area contributed by atoms with Crippen molar-refractivity contribution < 1.29 is 19.3 Å². The van der Waals surface area contributed by atoms with Crippen molar-refractivity contribution in [1.29, 1.82) is 0 Å². The summed E-state index contributed by atoms with van der Waals surface area (Å²) in [6.07, 6.45) is 8.34. The highest BCUT2D eigenvalue weighted by molar-refractivity contribution is 5.36. The number of ether oxygens (including phenoxy) is 3. The average Bonchev–Trinajstić information content (AvgIpc) is 3.08. The van der Waals surface area contributed by atoms with Crippen LogP contribution in [-0.2, 0) is 16.1 Å². The van der Waals surface area contributed by atoms with E-state index in [2.05, 4.69) is 0 Å². The third kappa shape index (κ3) is 6.90. The van der Waals surface area contributed by atoms with E-state index in [4.69, 9.17) is 19.3 Å². The van der Waals surface area contributed by atoms with E-state index in [1.807, 2.05) is 25.1 Å². The summed E-state index contributed by atoms with van der Waals surface area (Å²) in [6, 6.07) is 5.87. The first-order chi connectivity index (χ1) is 11.3. The van der Waals surface area contributed by atoms with Gasteiger partial charge in [0, 0.05) is 0 Å². The third-order valence-corrected chi connectivity index (χ3v) is 4.22. The van der Waals surface area contributed by atoms with Gasteiger partial charge in [-0.1, -0.05) is 37.8 Å². The van der Waals surface area contributed by atoms with E-state index >= 15 is 0 Å². The zero-order valence-corrected chi connectivity index (χ0v) is 14.3. The summed E-state index contributed by atoms with van der Waals surface area (Å²) in [6.45, 7) is 4.36. The Hall–Kier alpha value is -1.10. The summed E-state index contributed by atoms with van der Waals surface area (Å²) < 4.78 is 16.7. The van der Waals surface area contributed by atoms with Crippen molar-refractivity contribution in [3.63, 3.8) is 0 Å². The Bertz CT molecular complexity index is 441. The second-order valence-corrected chi connectivity index (χ2v) is 6.19. The Morgan fingerprint density at radius 1 is 1.04 bits per heavy atom. The minimum Gasteiger partial charge on any atom is -0.493 e. The van der Waals surface area contributed by atoms with Gasteiger partial charge in [0.1, 0.15) is 5.75 Å². The van der Waals surface area contributed by atoms with Gasteiger partial charge in [-0.2, -0.15) is 0 Å². The number of hydrogen-bond donors (Lipinski definition) is 1. The maximum Gasteiger partial charge on any atom is 0.157 e. The molecule has 2 rings (SSSR count). The summed E-state index contributed by atoms with van der Waals surface area (Å²) in [4.78, 5) is 0. The molecule has 4 heteroatoms. The van der Waals surface area contributed by atoms with E-state index in [1.54, 1.807) is 0 Å². The fourth-order valence-corrected chi connectivity index (χ4v) is 2.77. The van der Waals surface area contributed by atoms with Gasteiger partial charge >= 0.3 is 0 Å². The molecule has 0 unspecified atom stereocenters. The van der Waals surface area contributed by atoms with E-state index in [9.17, 15) is 0 Å². The molecule has 1 fully saturated rings. The van der Waals surface area contributed by atoms with Crippen LogP contribution in [0, 0.1) is 6.92 Å². The fourth-order valence-electron chi connectivity index (χ4n) is 2.77. The normalized spacial score (nSPS) is 15.2. The van der Waals surface area contributed by atoms with E-state index in [0.29, 0.717) is 0 Å². The number of aryl methyl sites for hydroxylation is 1. The monoisotopic (exact) mass is 322 g/mol. The number of unbranched alkanes of at least 4 members (excludes halogenated alkanes) is 5. The Balaban J connectivity index is 1.46. The zero-order chi connectivity index (χ0) is 16.3. The molecule has 0 saturated carbocycles. The van der Waals surface area contributed by atoms with Gasteiger partial charge in [-0.15, -0.1) is 0 Å². The van der Waals surface area contributed by atoms with Crippen molar-refractivity contribution in [3.05, 3.63) is 29.3 Å². The molecule has 1 aromatic rings. The number of aliphatic hydroxyl groups is 1. The van der Waals surface area contributed by atoms with E-state index in [1.165, 1.54) is 32.1 Å². The lowest BCUT2D eigenvalue weighted by atomic mass is 10.1. The van der Waals surface area contributed by atoms with E-state index in [0.717, 1.165) is 49.5 Å². The van der Waals surface area contributed by atoms with Gasteiger partial charge in [0.2, 0.25) is 0 Å². The summed E-state index contributed by atoms with van der Waals surface area (Å²) in [5, 5.41) is 9.16. The lowest BCUT2D eigenvalue weighted by Crippen LogP contribution is -2.06. The highest BCUT2D eigenvalue weighted by atomic mass is 16.7.